The molecule has 1 amide bonds. The molecule has 0 fully saturated rings. The number of unbranched alkanes of at least 4 members (excludes halogenated alkanes) is 4. The molecule has 6 heteroatoms. The van der Waals surface area contributed by atoms with Crippen molar-refractivity contribution >= 4 is 52.3 Å². The maximum atomic E-state index is 11.3. The van der Waals surface area contributed by atoms with Gasteiger partial charge in [-0.2, -0.15) is 0 Å². The highest BCUT2D eigenvalue weighted by molar-refractivity contribution is 6.44. The monoisotopic (exact) mass is 401 g/mol. The third kappa shape index (κ3) is 18.4. The summed E-state index contributed by atoms with van der Waals surface area (Å²) in [6, 6.07) is 0.233. The van der Waals surface area contributed by atoms with Gasteiger partial charge in [-0.1, -0.05) is 25.7 Å². The molecule has 0 heterocycles. The number of nitrogens with one attached hydrogen (secondary N) is 1. The van der Waals surface area contributed by atoms with Gasteiger partial charge in [0.05, 0.1) is 0 Å². The van der Waals surface area contributed by atoms with E-state index in [1.807, 2.05) is 0 Å². The molecule has 1 atom stereocenters. The summed E-state index contributed by atoms with van der Waals surface area (Å²) < 4.78 is 0. The van der Waals surface area contributed by atoms with Crippen molar-refractivity contribution in [3.05, 3.63) is 0 Å². The number of carbonyl (C=O) groups is 1. The Kier molecular flexibility index (Phi) is 15.8. The molecule has 0 aromatic carbocycles. The topological polar surface area (TPSA) is 29.1 Å². The van der Waals surface area contributed by atoms with Crippen LogP contribution >= 0.6 is 46.4 Å². The number of amides is 1. The van der Waals surface area contributed by atoms with Crippen LogP contribution in [0.15, 0.2) is 0 Å². The zero-order chi connectivity index (χ0) is 17.5. The molecule has 0 aromatic heterocycles. The third-order valence-electron chi connectivity index (χ3n) is 3.37. The summed E-state index contributed by atoms with van der Waals surface area (Å²) in [4.78, 5) is 10.6. The first kappa shape index (κ1) is 23.2. The molecular formula is C17H27Cl4NO. The van der Waals surface area contributed by atoms with E-state index in [0.29, 0.717) is 6.42 Å². The second-order valence-corrected chi connectivity index (χ2v) is 8.18. The van der Waals surface area contributed by atoms with Gasteiger partial charge in [-0.25, -0.2) is 0 Å². The van der Waals surface area contributed by atoms with Gasteiger partial charge in [-0.15, -0.1) is 58.2 Å². The average molecular weight is 403 g/mol. The van der Waals surface area contributed by atoms with E-state index in [1.54, 1.807) is 6.92 Å². The van der Waals surface area contributed by atoms with E-state index in [9.17, 15) is 4.79 Å². The highest BCUT2D eigenvalue weighted by atomic mass is 35.5. The van der Waals surface area contributed by atoms with Crippen LogP contribution in [-0.4, -0.2) is 21.6 Å². The van der Waals surface area contributed by atoms with E-state index in [4.69, 9.17) is 46.4 Å². The van der Waals surface area contributed by atoms with E-state index >= 15 is 0 Å². The standard InChI is InChI=1S/C17H27Cl4NO/c1-14(23)22-15(10-6-2-4-8-12-16(18)19)11-7-3-5-9-13-17(20)21/h15-17H,2-4,6-8,10-13H2,1H3,(H,22,23)/t15-/m1/s1. The fraction of sp³-hybridized carbons (Fsp3) is 0.824. The van der Waals surface area contributed by atoms with E-state index in [-0.39, 0.29) is 16.8 Å². The maximum Gasteiger partial charge on any atom is 0.217 e. The molecule has 0 radical (unpaired) electrons. The summed E-state index contributed by atoms with van der Waals surface area (Å²) in [5, 5.41) is 3.03. The molecule has 0 saturated heterocycles. The van der Waals surface area contributed by atoms with Crippen molar-refractivity contribution in [2.45, 2.75) is 86.8 Å². The fourth-order valence-electron chi connectivity index (χ4n) is 2.29. The van der Waals surface area contributed by atoms with Crippen LogP contribution in [0.1, 0.15) is 71.1 Å². The quantitative estimate of drug-likeness (QED) is 0.242. The predicted molar refractivity (Wildman–Crippen MR) is 103 cm³/mol. The molecule has 0 spiro atoms. The van der Waals surface area contributed by atoms with Crippen molar-refractivity contribution in [1.29, 1.82) is 0 Å². The maximum absolute atomic E-state index is 11.3. The van der Waals surface area contributed by atoms with Crippen molar-refractivity contribution in [3.63, 3.8) is 0 Å². The van der Waals surface area contributed by atoms with Gasteiger partial charge in [0, 0.05) is 25.8 Å². The van der Waals surface area contributed by atoms with E-state index < -0.39 is 4.84 Å². The van der Waals surface area contributed by atoms with Gasteiger partial charge in [0.15, 0.2) is 0 Å². The lowest BCUT2D eigenvalue weighted by atomic mass is 10.0. The molecular weight excluding hydrogens is 376 g/mol. The molecule has 0 saturated carbocycles. The van der Waals surface area contributed by atoms with E-state index in [2.05, 4.69) is 17.2 Å². The Bertz CT molecular complexity index is 363. The molecule has 0 aliphatic rings. The Morgan fingerprint density at radius 1 is 0.870 bits per heavy atom. The van der Waals surface area contributed by atoms with Crippen LogP contribution in [0.4, 0.5) is 0 Å². The highest BCUT2D eigenvalue weighted by Gasteiger charge is 2.09. The van der Waals surface area contributed by atoms with Gasteiger partial charge in [0.2, 0.25) is 5.91 Å². The summed E-state index contributed by atoms with van der Waals surface area (Å²) in [5.41, 5.74) is 0. The highest BCUT2D eigenvalue weighted by Crippen LogP contribution is 2.15. The first-order valence-electron chi connectivity index (χ1n) is 8.21. The van der Waals surface area contributed by atoms with Gasteiger partial charge in [0.25, 0.3) is 0 Å². The predicted octanol–water partition coefficient (Wildman–Crippen LogP) is 6.00. The second-order valence-electron chi connectivity index (χ2n) is 5.62. The van der Waals surface area contributed by atoms with Crippen LogP contribution in [0, 0.1) is 11.8 Å². The molecule has 0 rings (SSSR count). The largest absolute Gasteiger partial charge is 0.354 e. The van der Waals surface area contributed by atoms with Gasteiger partial charge in [0.1, 0.15) is 9.67 Å². The lowest BCUT2D eigenvalue weighted by Crippen LogP contribution is -2.32. The Balaban J connectivity index is 3.84. The summed E-state index contributed by atoms with van der Waals surface area (Å²) >= 11 is 22.6. The van der Waals surface area contributed by atoms with Crippen molar-refractivity contribution in [3.8, 4) is 11.8 Å². The van der Waals surface area contributed by atoms with Crippen LogP contribution in [0.25, 0.3) is 0 Å². The van der Waals surface area contributed by atoms with Crippen LogP contribution < -0.4 is 5.32 Å². The zero-order valence-electron chi connectivity index (χ0n) is 13.7. The first-order chi connectivity index (χ1) is 10.9. The van der Waals surface area contributed by atoms with Crippen LogP contribution in [0.5, 0.6) is 0 Å². The lowest BCUT2D eigenvalue weighted by Gasteiger charge is -2.17. The summed E-state index contributed by atoms with van der Waals surface area (Å²) in [5.74, 6) is 6.04. The Morgan fingerprint density at radius 3 is 2.04 bits per heavy atom. The third-order valence-corrected chi connectivity index (χ3v) is 4.11. The van der Waals surface area contributed by atoms with Crippen molar-refractivity contribution in [1.82, 2.24) is 5.32 Å². The van der Waals surface area contributed by atoms with Gasteiger partial charge in [-0.05, 0) is 25.7 Å². The molecule has 1 N–H and O–H groups in total. The summed E-state index contributed by atoms with van der Waals surface area (Å²) in [6.07, 6.45) is 9.51. The average Bonchev–Trinajstić information content (AvgIpc) is 2.44. The summed E-state index contributed by atoms with van der Waals surface area (Å²) in [7, 11) is 0. The molecule has 0 aliphatic carbocycles. The SMILES string of the molecule is CC(=O)N[C@@H](CCCC#CCC(Cl)Cl)CCCCCCC(Cl)Cl. The van der Waals surface area contributed by atoms with Gasteiger partial charge < -0.3 is 5.32 Å². The number of carbonyl (C=O) groups excluding carboxylic acids is 1. The number of alkyl halides is 4. The molecule has 0 aromatic rings. The molecule has 0 bridgehead atoms. The minimum absolute atomic E-state index is 0.0281. The van der Waals surface area contributed by atoms with Crippen LogP contribution in [0.3, 0.4) is 0 Å². The normalized spacial score (nSPS) is 12.1. The minimum Gasteiger partial charge on any atom is -0.354 e. The molecule has 134 valence electrons. The summed E-state index contributed by atoms with van der Waals surface area (Å²) in [6.45, 7) is 1.56. The number of hydrogen-bond acceptors (Lipinski definition) is 1. The molecule has 0 unspecified atom stereocenters. The van der Waals surface area contributed by atoms with Crippen molar-refractivity contribution in [2.24, 2.45) is 0 Å². The molecule has 2 nitrogen and oxygen atoms in total. The smallest absolute Gasteiger partial charge is 0.217 e. The molecule has 23 heavy (non-hydrogen) atoms. The Hall–Kier alpha value is 0.190. The number of hydrogen-bond donors (Lipinski definition) is 1. The molecule has 0 aliphatic heterocycles. The number of rotatable bonds is 12. The van der Waals surface area contributed by atoms with E-state index in [0.717, 1.165) is 57.8 Å². The first-order valence-corrected chi connectivity index (χ1v) is 9.95. The minimum atomic E-state index is -0.414. The fourth-order valence-corrected chi connectivity index (χ4v) is 2.76. The second kappa shape index (κ2) is 15.7. The van der Waals surface area contributed by atoms with Crippen molar-refractivity contribution in [2.75, 3.05) is 0 Å². The Labute approximate surface area is 161 Å². The van der Waals surface area contributed by atoms with E-state index in [1.165, 1.54) is 0 Å². The van der Waals surface area contributed by atoms with Crippen LogP contribution in [0.2, 0.25) is 0 Å². The Morgan fingerprint density at radius 2 is 1.48 bits per heavy atom. The van der Waals surface area contributed by atoms with Gasteiger partial charge >= 0.3 is 0 Å². The van der Waals surface area contributed by atoms with Crippen molar-refractivity contribution < 1.29 is 4.79 Å². The lowest BCUT2D eigenvalue weighted by molar-refractivity contribution is -0.119. The van der Waals surface area contributed by atoms with Crippen LogP contribution in [-0.2, 0) is 4.79 Å². The number of halogens is 4. The zero-order valence-corrected chi connectivity index (χ0v) is 16.7. The van der Waals surface area contributed by atoms with Gasteiger partial charge in [-0.3, -0.25) is 4.79 Å².